The molecule has 36 heavy (non-hydrogen) atoms. The van der Waals surface area contributed by atoms with Gasteiger partial charge in [0.2, 0.25) is 14.9 Å². The van der Waals surface area contributed by atoms with Crippen LogP contribution in [0.2, 0.25) is 0 Å². The fourth-order valence-electron chi connectivity index (χ4n) is 3.87. The van der Waals surface area contributed by atoms with Gasteiger partial charge in [0.15, 0.2) is 5.65 Å². The van der Waals surface area contributed by atoms with Crippen LogP contribution in [0.4, 0.5) is 24.7 Å². The SMILES string of the molecule is CC(C)c1ccc(S(=O)(=O)c2nnn3c2nc(Nc2cccc(C(F)(F)F)c2)c2ccccc23)cc1. The summed E-state index contributed by atoms with van der Waals surface area (Å²) in [6.45, 7) is 4.01. The molecular formula is C25H20F3N5O2S. The Bertz CT molecular complexity index is 1700. The van der Waals surface area contributed by atoms with E-state index in [0.717, 1.165) is 17.7 Å². The predicted octanol–water partition coefficient (Wildman–Crippen LogP) is 6.00. The third-order valence-electron chi connectivity index (χ3n) is 5.79. The van der Waals surface area contributed by atoms with Gasteiger partial charge in [-0.2, -0.15) is 17.7 Å². The van der Waals surface area contributed by atoms with Crippen LogP contribution in [-0.2, 0) is 16.0 Å². The fourth-order valence-corrected chi connectivity index (χ4v) is 5.10. The Morgan fingerprint density at radius 2 is 1.67 bits per heavy atom. The minimum atomic E-state index is -4.52. The number of nitrogens with zero attached hydrogens (tertiary/aromatic N) is 4. The quantitative estimate of drug-likeness (QED) is 0.312. The summed E-state index contributed by atoms with van der Waals surface area (Å²) >= 11 is 0. The first-order valence-electron chi connectivity index (χ1n) is 11.0. The highest BCUT2D eigenvalue weighted by Gasteiger charge is 2.31. The number of nitrogens with one attached hydrogen (secondary N) is 1. The van der Waals surface area contributed by atoms with E-state index in [1.54, 1.807) is 36.4 Å². The average Bonchev–Trinajstić information content (AvgIpc) is 3.29. The van der Waals surface area contributed by atoms with Crippen molar-refractivity contribution >= 4 is 37.9 Å². The Labute approximate surface area is 204 Å². The molecule has 0 saturated carbocycles. The zero-order valence-corrected chi connectivity index (χ0v) is 20.0. The molecule has 0 amide bonds. The topological polar surface area (TPSA) is 89.2 Å². The minimum Gasteiger partial charge on any atom is -0.340 e. The Balaban J connectivity index is 1.66. The highest BCUT2D eigenvalue weighted by molar-refractivity contribution is 7.91. The molecule has 0 aliphatic rings. The van der Waals surface area contributed by atoms with Crippen molar-refractivity contribution in [1.82, 2.24) is 19.8 Å². The minimum absolute atomic E-state index is 0.0386. The number of para-hydroxylation sites is 1. The number of anilines is 2. The van der Waals surface area contributed by atoms with Gasteiger partial charge in [-0.15, -0.1) is 5.10 Å². The molecule has 1 N–H and O–H groups in total. The second kappa shape index (κ2) is 8.59. The molecule has 0 radical (unpaired) electrons. The third-order valence-corrected chi connectivity index (χ3v) is 7.45. The van der Waals surface area contributed by atoms with Crippen molar-refractivity contribution in [2.75, 3.05) is 5.32 Å². The number of rotatable bonds is 5. The van der Waals surface area contributed by atoms with Crippen molar-refractivity contribution in [2.24, 2.45) is 0 Å². The summed E-state index contributed by atoms with van der Waals surface area (Å²) in [6.07, 6.45) is -4.52. The van der Waals surface area contributed by atoms with Gasteiger partial charge in [-0.3, -0.25) is 0 Å². The van der Waals surface area contributed by atoms with Crippen LogP contribution >= 0.6 is 0 Å². The highest BCUT2D eigenvalue weighted by Crippen LogP contribution is 2.33. The van der Waals surface area contributed by atoms with Gasteiger partial charge in [-0.25, -0.2) is 13.4 Å². The molecule has 5 aromatic rings. The van der Waals surface area contributed by atoms with Crippen LogP contribution in [0, 0.1) is 0 Å². The molecule has 2 heterocycles. The number of aromatic nitrogens is 4. The second-order valence-electron chi connectivity index (χ2n) is 8.54. The Kier molecular flexibility index (Phi) is 5.67. The summed E-state index contributed by atoms with van der Waals surface area (Å²) < 4.78 is 67.8. The van der Waals surface area contributed by atoms with Crippen molar-refractivity contribution in [1.29, 1.82) is 0 Å². The lowest BCUT2D eigenvalue weighted by Gasteiger charge is -2.12. The molecule has 184 valence electrons. The Hall–Kier alpha value is -3.99. The maximum atomic E-state index is 13.4. The van der Waals surface area contributed by atoms with Gasteiger partial charge < -0.3 is 5.32 Å². The summed E-state index contributed by atoms with van der Waals surface area (Å²) in [5, 5.41) is 11.0. The number of hydrogen-bond acceptors (Lipinski definition) is 6. The molecule has 0 saturated heterocycles. The van der Waals surface area contributed by atoms with Crippen LogP contribution < -0.4 is 5.32 Å². The molecule has 7 nitrogen and oxygen atoms in total. The largest absolute Gasteiger partial charge is 0.416 e. The lowest BCUT2D eigenvalue weighted by Crippen LogP contribution is -2.07. The van der Waals surface area contributed by atoms with Crippen molar-refractivity contribution in [3.63, 3.8) is 0 Å². The van der Waals surface area contributed by atoms with Crippen molar-refractivity contribution in [3.8, 4) is 0 Å². The zero-order valence-electron chi connectivity index (χ0n) is 19.2. The van der Waals surface area contributed by atoms with Gasteiger partial charge in [0, 0.05) is 11.1 Å². The lowest BCUT2D eigenvalue weighted by molar-refractivity contribution is -0.137. The van der Waals surface area contributed by atoms with Crippen molar-refractivity contribution in [3.05, 3.63) is 83.9 Å². The molecule has 5 rings (SSSR count). The van der Waals surface area contributed by atoms with E-state index < -0.39 is 21.6 Å². The normalized spacial score (nSPS) is 12.5. The Morgan fingerprint density at radius 3 is 2.36 bits per heavy atom. The molecule has 0 atom stereocenters. The van der Waals surface area contributed by atoms with Crippen LogP contribution in [0.5, 0.6) is 0 Å². The summed E-state index contributed by atoms with van der Waals surface area (Å²) in [6, 6.07) is 18.1. The monoisotopic (exact) mass is 511 g/mol. The predicted molar refractivity (Wildman–Crippen MR) is 129 cm³/mol. The molecular weight excluding hydrogens is 491 g/mol. The van der Waals surface area contributed by atoms with E-state index in [1.165, 1.54) is 28.8 Å². The van der Waals surface area contributed by atoms with Crippen LogP contribution in [0.3, 0.4) is 0 Å². The molecule has 11 heteroatoms. The maximum Gasteiger partial charge on any atom is 0.416 e. The van der Waals surface area contributed by atoms with Gasteiger partial charge in [0.1, 0.15) is 5.82 Å². The molecule has 0 aliphatic carbocycles. The third kappa shape index (κ3) is 4.15. The zero-order chi connectivity index (χ0) is 25.7. The van der Waals surface area contributed by atoms with E-state index in [2.05, 4.69) is 20.6 Å². The summed E-state index contributed by atoms with van der Waals surface area (Å²) in [5.41, 5.74) is 0.751. The van der Waals surface area contributed by atoms with E-state index >= 15 is 0 Å². The summed E-state index contributed by atoms with van der Waals surface area (Å²) in [7, 11) is -4.08. The molecule has 0 aliphatic heterocycles. The molecule has 0 unspecified atom stereocenters. The van der Waals surface area contributed by atoms with Crippen LogP contribution in [0.25, 0.3) is 16.6 Å². The standard InChI is InChI=1S/C25H20F3N5O2S/c1-15(2)16-10-12-19(13-11-16)36(34,35)24-23-30-22(20-8-3-4-9-21(20)33(23)32-31-24)29-18-7-5-6-17(14-18)25(26,27)28/h3-15H,1-2H3,(H,29,30). The van der Waals surface area contributed by atoms with Crippen molar-refractivity contribution < 1.29 is 21.6 Å². The van der Waals surface area contributed by atoms with Crippen molar-refractivity contribution in [2.45, 2.75) is 35.9 Å². The maximum absolute atomic E-state index is 13.4. The second-order valence-corrected chi connectivity index (χ2v) is 10.4. The van der Waals surface area contributed by atoms with Crippen LogP contribution in [0.1, 0.15) is 30.9 Å². The van der Waals surface area contributed by atoms with Gasteiger partial charge >= 0.3 is 6.18 Å². The van der Waals surface area contributed by atoms with E-state index in [9.17, 15) is 21.6 Å². The number of hydrogen-bond donors (Lipinski definition) is 1. The first-order valence-corrected chi connectivity index (χ1v) is 12.5. The smallest absolute Gasteiger partial charge is 0.340 e. The highest BCUT2D eigenvalue weighted by atomic mass is 32.2. The lowest BCUT2D eigenvalue weighted by atomic mass is 10.0. The molecule has 3 aromatic carbocycles. The summed E-state index contributed by atoms with van der Waals surface area (Å²) in [5.74, 6) is 0.403. The molecule has 0 bridgehead atoms. The number of fused-ring (bicyclic) bond motifs is 3. The number of benzene rings is 3. The summed E-state index contributed by atoms with van der Waals surface area (Å²) in [4.78, 5) is 4.49. The van der Waals surface area contributed by atoms with E-state index in [-0.39, 0.29) is 33.0 Å². The van der Waals surface area contributed by atoms with E-state index in [4.69, 9.17) is 0 Å². The molecule has 0 spiro atoms. The Morgan fingerprint density at radius 1 is 0.944 bits per heavy atom. The molecule has 2 aromatic heterocycles. The van der Waals surface area contributed by atoms with Gasteiger partial charge in [-0.05, 0) is 53.9 Å². The van der Waals surface area contributed by atoms with Gasteiger partial charge in [0.05, 0.1) is 16.0 Å². The van der Waals surface area contributed by atoms with E-state index in [0.29, 0.717) is 10.9 Å². The van der Waals surface area contributed by atoms with E-state index in [1.807, 2.05) is 13.8 Å². The number of sulfone groups is 1. The number of alkyl halides is 3. The van der Waals surface area contributed by atoms with Crippen LogP contribution in [0.15, 0.2) is 82.7 Å². The van der Waals surface area contributed by atoms with Gasteiger partial charge in [-0.1, -0.05) is 49.4 Å². The first-order chi connectivity index (χ1) is 17.1. The first kappa shape index (κ1) is 23.7. The fraction of sp³-hybridized carbons (Fsp3) is 0.160. The van der Waals surface area contributed by atoms with Gasteiger partial charge in [0.25, 0.3) is 0 Å². The molecule has 0 fully saturated rings. The average molecular weight is 512 g/mol. The van der Waals surface area contributed by atoms with Crippen LogP contribution in [-0.4, -0.2) is 28.2 Å². The number of halogens is 3.